The van der Waals surface area contributed by atoms with E-state index >= 15 is 0 Å². The van der Waals surface area contributed by atoms with Gasteiger partial charge in [0.1, 0.15) is 5.76 Å². The molecular formula is C32H29N3O4S. The summed E-state index contributed by atoms with van der Waals surface area (Å²) in [5, 5.41) is 3.14. The molecule has 0 aliphatic heterocycles. The minimum Gasteiger partial charge on any atom is -0.467 e. The second-order valence-electron chi connectivity index (χ2n) is 9.69. The normalized spacial score (nSPS) is 11.9. The molecule has 0 aliphatic rings. The van der Waals surface area contributed by atoms with Gasteiger partial charge in [0, 0.05) is 11.1 Å². The van der Waals surface area contributed by atoms with Gasteiger partial charge in [-0.15, -0.1) is 0 Å². The van der Waals surface area contributed by atoms with Crippen LogP contribution in [-0.4, -0.2) is 26.5 Å². The molecule has 8 heteroatoms. The molecule has 2 aromatic heterocycles. The van der Waals surface area contributed by atoms with Gasteiger partial charge < -0.3 is 9.73 Å². The molecule has 0 spiro atoms. The molecule has 7 nitrogen and oxygen atoms in total. The summed E-state index contributed by atoms with van der Waals surface area (Å²) in [4.78, 5) is 44.7. The quantitative estimate of drug-likeness (QED) is 0.138. The van der Waals surface area contributed by atoms with E-state index in [4.69, 9.17) is 9.40 Å². The van der Waals surface area contributed by atoms with E-state index in [-0.39, 0.29) is 23.8 Å². The lowest BCUT2D eigenvalue weighted by Crippen LogP contribution is -2.26. The minimum absolute atomic E-state index is 0.0419. The fourth-order valence-electron chi connectivity index (χ4n) is 4.36. The topological polar surface area (TPSA) is 94.2 Å². The molecule has 1 amide bonds. The van der Waals surface area contributed by atoms with Gasteiger partial charge >= 0.3 is 0 Å². The number of ketones is 1. The Morgan fingerprint density at radius 2 is 1.73 bits per heavy atom. The number of nitrogens with zero attached hydrogens (tertiary/aromatic N) is 2. The fraction of sp³-hybridized carbons (Fsp3) is 0.188. The lowest BCUT2D eigenvalue weighted by atomic mass is 10.0. The molecule has 0 saturated carbocycles. The number of rotatable bonds is 9. The summed E-state index contributed by atoms with van der Waals surface area (Å²) < 4.78 is 6.88. The van der Waals surface area contributed by atoms with Gasteiger partial charge in [-0.3, -0.25) is 19.0 Å². The Kier molecular flexibility index (Phi) is 7.98. The number of hydrogen-bond donors (Lipinski definition) is 1. The van der Waals surface area contributed by atoms with Gasteiger partial charge in [-0.25, -0.2) is 4.98 Å². The first-order chi connectivity index (χ1) is 19.3. The van der Waals surface area contributed by atoms with Crippen LogP contribution < -0.4 is 10.9 Å². The van der Waals surface area contributed by atoms with E-state index in [1.807, 2.05) is 69.3 Å². The minimum atomic E-state index is -0.492. The van der Waals surface area contributed by atoms with Crippen molar-refractivity contribution in [1.82, 2.24) is 14.9 Å². The van der Waals surface area contributed by atoms with Crippen molar-refractivity contribution in [2.45, 2.75) is 44.3 Å². The van der Waals surface area contributed by atoms with Crippen LogP contribution in [0.25, 0.3) is 10.9 Å². The zero-order chi connectivity index (χ0) is 28.2. The highest BCUT2D eigenvalue weighted by molar-refractivity contribution is 8.00. The third kappa shape index (κ3) is 5.92. The van der Waals surface area contributed by atoms with Crippen molar-refractivity contribution in [3.05, 3.63) is 129 Å². The molecule has 0 unspecified atom stereocenters. The Morgan fingerprint density at radius 1 is 0.950 bits per heavy atom. The smallest absolute Gasteiger partial charge is 0.262 e. The number of amides is 1. The van der Waals surface area contributed by atoms with Crippen LogP contribution in [0.2, 0.25) is 0 Å². The molecule has 40 heavy (non-hydrogen) atoms. The number of aryl methyl sites for hydroxylation is 2. The second kappa shape index (κ2) is 11.8. The monoisotopic (exact) mass is 551 g/mol. The molecular weight excluding hydrogens is 522 g/mol. The van der Waals surface area contributed by atoms with E-state index < -0.39 is 5.25 Å². The standard InChI is InChI=1S/C32H29N3O4S/c1-20-11-12-24(16-21(20)2)29(36)22(3)40-32-34-28-17-25(30(37)33-18-26-10-7-15-39-26)13-14-27(28)31(38)35(32)19-23-8-5-4-6-9-23/h4-17,22H,18-19H2,1-3H3,(H,33,37)/t22-/m0/s1. The number of nitrogens with one attached hydrogen (secondary N) is 1. The number of aromatic nitrogens is 2. The zero-order valence-corrected chi connectivity index (χ0v) is 23.3. The van der Waals surface area contributed by atoms with Crippen LogP contribution in [0.4, 0.5) is 0 Å². The summed E-state index contributed by atoms with van der Waals surface area (Å²) in [7, 11) is 0. The van der Waals surface area contributed by atoms with Crippen molar-refractivity contribution in [3.63, 3.8) is 0 Å². The molecule has 0 fully saturated rings. The zero-order valence-electron chi connectivity index (χ0n) is 22.5. The van der Waals surface area contributed by atoms with Crippen LogP contribution in [0.3, 0.4) is 0 Å². The summed E-state index contributed by atoms with van der Waals surface area (Å²) in [6, 6.07) is 23.7. The Hall–Kier alpha value is -4.43. The number of thioether (sulfide) groups is 1. The number of fused-ring (bicyclic) bond motifs is 1. The number of furan rings is 1. The Labute approximate surface area is 236 Å². The van der Waals surface area contributed by atoms with Gasteiger partial charge in [0.2, 0.25) is 0 Å². The van der Waals surface area contributed by atoms with E-state index in [2.05, 4.69) is 5.32 Å². The number of carbonyl (C=O) groups excluding carboxylic acids is 2. The maximum absolute atomic E-state index is 13.7. The third-order valence-corrected chi connectivity index (χ3v) is 7.90. The summed E-state index contributed by atoms with van der Waals surface area (Å²) in [6.07, 6.45) is 1.55. The fourth-order valence-corrected chi connectivity index (χ4v) is 5.35. The number of benzene rings is 3. The molecule has 1 N–H and O–H groups in total. The summed E-state index contributed by atoms with van der Waals surface area (Å²) in [5.74, 6) is 0.290. The highest BCUT2D eigenvalue weighted by Crippen LogP contribution is 2.27. The average Bonchev–Trinajstić information content (AvgIpc) is 3.49. The lowest BCUT2D eigenvalue weighted by molar-refractivity contribution is 0.0947. The van der Waals surface area contributed by atoms with E-state index in [1.165, 1.54) is 11.8 Å². The molecule has 0 radical (unpaired) electrons. The molecule has 5 rings (SSSR count). The van der Waals surface area contributed by atoms with Crippen molar-refractivity contribution in [1.29, 1.82) is 0 Å². The van der Waals surface area contributed by atoms with Gasteiger partial charge in [0.25, 0.3) is 11.5 Å². The molecule has 0 saturated heterocycles. The SMILES string of the molecule is Cc1ccc(C(=O)[C@H](C)Sc2nc3cc(C(=O)NCc4ccco4)ccc3c(=O)n2Cc2ccccc2)cc1C. The van der Waals surface area contributed by atoms with Crippen molar-refractivity contribution < 1.29 is 14.0 Å². The summed E-state index contributed by atoms with van der Waals surface area (Å²) in [5.41, 5.74) is 4.27. The number of Topliss-reactive ketones (excluding diaryl/α,β-unsaturated/α-hetero) is 1. The molecule has 0 bridgehead atoms. The predicted octanol–water partition coefficient (Wildman–Crippen LogP) is 5.95. The van der Waals surface area contributed by atoms with Crippen LogP contribution in [0.15, 0.2) is 99.5 Å². The Morgan fingerprint density at radius 3 is 2.45 bits per heavy atom. The Balaban J connectivity index is 1.50. The van der Waals surface area contributed by atoms with Crippen molar-refractivity contribution in [2.75, 3.05) is 0 Å². The highest BCUT2D eigenvalue weighted by Gasteiger charge is 2.22. The van der Waals surface area contributed by atoms with Crippen LogP contribution >= 0.6 is 11.8 Å². The molecule has 1 atom stereocenters. The van der Waals surface area contributed by atoms with Crippen molar-refractivity contribution in [3.8, 4) is 0 Å². The predicted molar refractivity (Wildman–Crippen MR) is 157 cm³/mol. The molecule has 2 heterocycles. The van der Waals surface area contributed by atoms with Gasteiger partial charge in [-0.2, -0.15) is 0 Å². The van der Waals surface area contributed by atoms with E-state index in [0.29, 0.717) is 39.5 Å². The van der Waals surface area contributed by atoms with E-state index in [0.717, 1.165) is 16.7 Å². The third-order valence-electron chi connectivity index (χ3n) is 6.81. The van der Waals surface area contributed by atoms with E-state index in [1.54, 1.807) is 41.2 Å². The van der Waals surface area contributed by atoms with Crippen LogP contribution in [0.1, 0.15) is 50.1 Å². The molecule has 202 valence electrons. The maximum Gasteiger partial charge on any atom is 0.262 e. The number of carbonyl (C=O) groups is 2. The molecule has 5 aromatic rings. The lowest BCUT2D eigenvalue weighted by Gasteiger charge is -2.17. The summed E-state index contributed by atoms with van der Waals surface area (Å²) in [6.45, 7) is 6.36. The first kappa shape index (κ1) is 27.1. The first-order valence-electron chi connectivity index (χ1n) is 13.0. The Bertz CT molecular complexity index is 1740. The number of hydrogen-bond acceptors (Lipinski definition) is 6. The maximum atomic E-state index is 13.7. The van der Waals surface area contributed by atoms with Crippen LogP contribution in [0, 0.1) is 13.8 Å². The van der Waals surface area contributed by atoms with Crippen molar-refractivity contribution >= 4 is 34.4 Å². The second-order valence-corrected chi connectivity index (χ2v) is 11.0. The van der Waals surface area contributed by atoms with Gasteiger partial charge in [0.15, 0.2) is 10.9 Å². The molecule has 3 aromatic carbocycles. The van der Waals surface area contributed by atoms with Crippen LogP contribution in [0.5, 0.6) is 0 Å². The average molecular weight is 552 g/mol. The van der Waals surface area contributed by atoms with Crippen molar-refractivity contribution in [2.24, 2.45) is 0 Å². The summed E-state index contributed by atoms with van der Waals surface area (Å²) >= 11 is 1.24. The van der Waals surface area contributed by atoms with Crippen LogP contribution in [-0.2, 0) is 13.1 Å². The first-order valence-corrected chi connectivity index (χ1v) is 13.9. The largest absolute Gasteiger partial charge is 0.467 e. The van der Waals surface area contributed by atoms with Gasteiger partial charge in [0.05, 0.1) is 35.5 Å². The van der Waals surface area contributed by atoms with E-state index in [9.17, 15) is 14.4 Å². The molecule has 0 aliphatic carbocycles. The van der Waals surface area contributed by atoms with Gasteiger partial charge in [-0.1, -0.05) is 54.2 Å². The highest BCUT2D eigenvalue weighted by atomic mass is 32.2. The van der Waals surface area contributed by atoms with Gasteiger partial charge in [-0.05, 0) is 73.9 Å².